The number of halogens is 2. The molecule has 2 nitrogen and oxygen atoms in total. The first kappa shape index (κ1) is 14.4. The predicted molar refractivity (Wildman–Crippen MR) is 79.4 cm³/mol. The Morgan fingerprint density at radius 3 is 2.74 bits per heavy atom. The monoisotopic (exact) mass is 298 g/mol. The summed E-state index contributed by atoms with van der Waals surface area (Å²) in [6, 6.07) is 4.70. The van der Waals surface area contributed by atoms with Gasteiger partial charge in [-0.05, 0) is 31.2 Å². The summed E-state index contributed by atoms with van der Waals surface area (Å²) in [5.74, 6) is -0.00345. The molecule has 0 saturated heterocycles. The Balaban J connectivity index is 2.47. The van der Waals surface area contributed by atoms with Crippen molar-refractivity contribution < 1.29 is 4.39 Å². The molecule has 0 unspecified atom stereocenters. The van der Waals surface area contributed by atoms with Crippen molar-refractivity contribution in [1.82, 2.24) is 10.3 Å². The van der Waals surface area contributed by atoms with E-state index >= 15 is 0 Å². The molecule has 2 aromatic rings. The topological polar surface area (TPSA) is 24.9 Å². The minimum atomic E-state index is -0.326. The first-order valence-corrected chi connectivity index (χ1v) is 7.32. The second-order valence-corrected chi connectivity index (χ2v) is 6.16. The number of hydrogen-bond donors (Lipinski definition) is 1. The van der Waals surface area contributed by atoms with Gasteiger partial charge in [0.2, 0.25) is 0 Å². The van der Waals surface area contributed by atoms with Crippen molar-refractivity contribution in [2.24, 2.45) is 0 Å². The van der Waals surface area contributed by atoms with Gasteiger partial charge >= 0.3 is 0 Å². The Kier molecular flexibility index (Phi) is 4.55. The van der Waals surface area contributed by atoms with E-state index in [4.69, 9.17) is 11.6 Å². The van der Waals surface area contributed by atoms with Gasteiger partial charge < -0.3 is 5.32 Å². The van der Waals surface area contributed by atoms with Crippen molar-refractivity contribution in [1.29, 1.82) is 0 Å². The van der Waals surface area contributed by atoms with Crippen LogP contribution in [0.25, 0.3) is 10.6 Å². The Morgan fingerprint density at radius 1 is 1.42 bits per heavy atom. The van der Waals surface area contributed by atoms with E-state index in [9.17, 15) is 4.39 Å². The lowest BCUT2D eigenvalue weighted by Gasteiger charge is -2.03. The van der Waals surface area contributed by atoms with Crippen LogP contribution in [-0.2, 0) is 6.54 Å². The van der Waals surface area contributed by atoms with E-state index < -0.39 is 0 Å². The summed E-state index contributed by atoms with van der Waals surface area (Å²) in [6.45, 7) is 4.94. The van der Waals surface area contributed by atoms with E-state index in [0.29, 0.717) is 21.5 Å². The number of benzene rings is 1. The lowest BCUT2D eigenvalue weighted by molar-refractivity contribution is 0.631. The van der Waals surface area contributed by atoms with Crippen molar-refractivity contribution >= 4 is 22.9 Å². The fourth-order valence-corrected chi connectivity index (χ4v) is 3.29. The third kappa shape index (κ3) is 3.14. The van der Waals surface area contributed by atoms with Crippen LogP contribution in [-0.4, -0.2) is 12.0 Å². The van der Waals surface area contributed by atoms with Gasteiger partial charge in [0.1, 0.15) is 10.8 Å². The molecule has 1 aromatic heterocycles. The maximum atomic E-state index is 13.9. The van der Waals surface area contributed by atoms with Crippen LogP contribution in [0.5, 0.6) is 0 Å². The van der Waals surface area contributed by atoms with Crippen molar-refractivity contribution in [2.45, 2.75) is 26.3 Å². The highest BCUT2D eigenvalue weighted by molar-refractivity contribution is 7.15. The summed E-state index contributed by atoms with van der Waals surface area (Å²) in [7, 11) is 1.90. The van der Waals surface area contributed by atoms with Crippen molar-refractivity contribution in [2.75, 3.05) is 7.05 Å². The maximum Gasteiger partial charge on any atom is 0.134 e. The van der Waals surface area contributed by atoms with Crippen molar-refractivity contribution in [3.05, 3.63) is 39.6 Å². The molecule has 19 heavy (non-hydrogen) atoms. The van der Waals surface area contributed by atoms with Crippen LogP contribution in [0, 0.1) is 5.82 Å². The molecule has 102 valence electrons. The molecule has 0 bridgehead atoms. The second-order valence-electron chi connectivity index (χ2n) is 4.64. The van der Waals surface area contributed by atoms with Crippen molar-refractivity contribution in [3.63, 3.8) is 0 Å². The van der Waals surface area contributed by atoms with Crippen LogP contribution in [0.1, 0.15) is 30.3 Å². The SMILES string of the molecule is CNCc1sc(-c2ccc(Cl)cc2F)nc1C(C)C. The standard InChI is InChI=1S/C14H16ClFN2S/c1-8(2)13-12(7-17-3)19-14(18-13)10-5-4-9(15)6-11(10)16/h4-6,8,17H,7H2,1-3H3. The van der Waals surface area contributed by atoms with Gasteiger partial charge in [-0.15, -0.1) is 11.3 Å². The Labute approximate surface area is 121 Å². The molecule has 0 fully saturated rings. The molecule has 0 radical (unpaired) electrons. The van der Waals surface area contributed by atoms with Crippen LogP contribution in [0.3, 0.4) is 0 Å². The minimum absolute atomic E-state index is 0.323. The zero-order chi connectivity index (χ0) is 14.0. The lowest BCUT2D eigenvalue weighted by Crippen LogP contribution is -2.06. The van der Waals surface area contributed by atoms with E-state index in [1.165, 1.54) is 17.4 Å². The fraction of sp³-hybridized carbons (Fsp3) is 0.357. The van der Waals surface area contributed by atoms with Crippen LogP contribution in [0.15, 0.2) is 18.2 Å². The number of nitrogens with zero attached hydrogens (tertiary/aromatic N) is 1. The number of aromatic nitrogens is 1. The van der Waals surface area contributed by atoms with Crippen LogP contribution in [0.2, 0.25) is 5.02 Å². The van der Waals surface area contributed by atoms with Gasteiger partial charge in [0.05, 0.1) is 5.69 Å². The molecule has 0 aliphatic heterocycles. The third-order valence-electron chi connectivity index (χ3n) is 2.77. The summed E-state index contributed by atoms with van der Waals surface area (Å²) < 4.78 is 13.9. The third-order valence-corrected chi connectivity index (χ3v) is 4.11. The van der Waals surface area contributed by atoms with Crippen LogP contribution < -0.4 is 5.32 Å². The van der Waals surface area contributed by atoms with Gasteiger partial charge in [-0.2, -0.15) is 0 Å². The summed E-state index contributed by atoms with van der Waals surface area (Å²) in [6.07, 6.45) is 0. The lowest BCUT2D eigenvalue weighted by atomic mass is 10.1. The van der Waals surface area contributed by atoms with E-state index in [1.807, 2.05) is 7.05 Å². The molecule has 5 heteroatoms. The van der Waals surface area contributed by atoms with Gasteiger partial charge in [-0.25, -0.2) is 9.37 Å². The quantitative estimate of drug-likeness (QED) is 0.902. The van der Waals surface area contributed by atoms with E-state index in [-0.39, 0.29) is 5.82 Å². The van der Waals surface area contributed by atoms with Gasteiger partial charge in [-0.1, -0.05) is 25.4 Å². The Morgan fingerprint density at radius 2 is 2.16 bits per heavy atom. The predicted octanol–water partition coefficient (Wildman–Crippen LogP) is 4.45. The van der Waals surface area contributed by atoms with E-state index in [2.05, 4.69) is 24.1 Å². The highest BCUT2D eigenvalue weighted by Gasteiger charge is 2.17. The van der Waals surface area contributed by atoms with Crippen LogP contribution in [0.4, 0.5) is 4.39 Å². The molecule has 1 N–H and O–H groups in total. The molecule has 2 rings (SSSR count). The molecule has 0 aliphatic carbocycles. The first-order valence-electron chi connectivity index (χ1n) is 6.12. The minimum Gasteiger partial charge on any atom is -0.315 e. The molecule has 1 aromatic carbocycles. The molecule has 0 atom stereocenters. The van der Waals surface area contributed by atoms with Gasteiger partial charge in [0.25, 0.3) is 0 Å². The average Bonchev–Trinajstić information content (AvgIpc) is 2.73. The van der Waals surface area contributed by atoms with E-state index in [0.717, 1.165) is 17.1 Å². The first-order chi connectivity index (χ1) is 9.02. The molecule has 0 aliphatic rings. The number of nitrogens with one attached hydrogen (secondary N) is 1. The second kappa shape index (κ2) is 5.99. The van der Waals surface area contributed by atoms with E-state index in [1.54, 1.807) is 12.1 Å². The van der Waals surface area contributed by atoms with Crippen molar-refractivity contribution in [3.8, 4) is 10.6 Å². The summed E-state index contributed by atoms with van der Waals surface area (Å²) >= 11 is 7.30. The van der Waals surface area contributed by atoms with Gasteiger partial charge in [-0.3, -0.25) is 0 Å². The average molecular weight is 299 g/mol. The number of rotatable bonds is 4. The fourth-order valence-electron chi connectivity index (χ4n) is 1.88. The molecular formula is C14H16ClFN2S. The summed E-state index contributed by atoms with van der Waals surface area (Å²) in [4.78, 5) is 5.74. The summed E-state index contributed by atoms with van der Waals surface area (Å²) in [5.41, 5.74) is 1.54. The smallest absolute Gasteiger partial charge is 0.134 e. The number of hydrogen-bond acceptors (Lipinski definition) is 3. The molecule has 0 spiro atoms. The number of thiazole rings is 1. The summed E-state index contributed by atoms with van der Waals surface area (Å²) in [5, 5.41) is 4.23. The maximum absolute atomic E-state index is 13.9. The zero-order valence-corrected chi connectivity index (χ0v) is 12.7. The Bertz CT molecular complexity index is 581. The normalized spacial score (nSPS) is 11.3. The molecule has 0 saturated carbocycles. The highest BCUT2D eigenvalue weighted by atomic mass is 35.5. The molecule has 1 heterocycles. The molecule has 0 amide bonds. The Hall–Kier alpha value is -0.970. The van der Waals surface area contributed by atoms with Gasteiger partial charge in [0.15, 0.2) is 0 Å². The van der Waals surface area contributed by atoms with Gasteiger partial charge in [0, 0.05) is 22.0 Å². The zero-order valence-electron chi connectivity index (χ0n) is 11.1. The largest absolute Gasteiger partial charge is 0.315 e. The highest BCUT2D eigenvalue weighted by Crippen LogP contribution is 2.33. The van der Waals surface area contributed by atoms with Crippen LogP contribution >= 0.6 is 22.9 Å². The molecular weight excluding hydrogens is 283 g/mol.